The average Bonchev–Trinajstić information content (AvgIpc) is 2.74. The van der Waals surface area contributed by atoms with E-state index in [1.54, 1.807) is 24.3 Å². The molecule has 0 unspecified atom stereocenters. The van der Waals surface area contributed by atoms with E-state index in [1.807, 2.05) is 0 Å². The number of hydrogen-bond donors (Lipinski definition) is 1. The smallest absolute Gasteiger partial charge is 0.339 e. The second-order valence-electron chi connectivity index (χ2n) is 6.64. The topological polar surface area (TPSA) is 92.8 Å². The Morgan fingerprint density at radius 3 is 2.34 bits per heavy atom. The zero-order chi connectivity index (χ0) is 21.0. The number of hydrogen-bond acceptors (Lipinski definition) is 5. The Balaban J connectivity index is 1.66. The first-order valence-corrected chi connectivity index (χ1v) is 10.5. The molecule has 1 heterocycles. The summed E-state index contributed by atoms with van der Waals surface area (Å²) >= 11 is 0. The van der Waals surface area contributed by atoms with Crippen molar-refractivity contribution in [1.82, 2.24) is 4.31 Å². The molecule has 7 nitrogen and oxygen atoms in total. The average molecular weight is 420 g/mol. The first kappa shape index (κ1) is 20.9. The molecule has 29 heavy (non-hydrogen) atoms. The highest BCUT2D eigenvalue weighted by Gasteiger charge is 2.33. The zero-order valence-electron chi connectivity index (χ0n) is 15.8. The summed E-state index contributed by atoms with van der Waals surface area (Å²) in [5.41, 5.74) is 0.577. The van der Waals surface area contributed by atoms with Gasteiger partial charge in [-0.05, 0) is 37.1 Å². The number of para-hydroxylation sites is 1. The Kier molecular flexibility index (Phi) is 6.29. The van der Waals surface area contributed by atoms with Gasteiger partial charge in [-0.2, -0.15) is 4.31 Å². The van der Waals surface area contributed by atoms with Crippen molar-refractivity contribution in [1.29, 1.82) is 0 Å². The van der Waals surface area contributed by atoms with Crippen molar-refractivity contribution in [3.05, 3.63) is 59.9 Å². The summed E-state index contributed by atoms with van der Waals surface area (Å²) in [7, 11) is -2.70. The molecule has 1 N–H and O–H groups in total. The van der Waals surface area contributed by atoms with E-state index in [2.05, 4.69) is 5.32 Å². The minimum Gasteiger partial charge on any atom is -0.465 e. The first-order chi connectivity index (χ1) is 13.8. The maximum absolute atomic E-state index is 13.9. The summed E-state index contributed by atoms with van der Waals surface area (Å²) in [6, 6.07) is 11.7. The monoisotopic (exact) mass is 420 g/mol. The lowest BCUT2D eigenvalue weighted by Crippen LogP contribution is -2.41. The third-order valence-electron chi connectivity index (χ3n) is 4.87. The van der Waals surface area contributed by atoms with Crippen LogP contribution in [0.4, 0.5) is 10.1 Å². The summed E-state index contributed by atoms with van der Waals surface area (Å²) in [4.78, 5) is 24.1. The molecular weight excluding hydrogens is 399 g/mol. The number of esters is 1. The lowest BCUT2D eigenvalue weighted by molar-refractivity contribution is -0.120. The van der Waals surface area contributed by atoms with Crippen molar-refractivity contribution in [2.75, 3.05) is 25.5 Å². The molecule has 0 saturated carbocycles. The van der Waals surface area contributed by atoms with Gasteiger partial charge in [0.05, 0.1) is 18.4 Å². The summed E-state index contributed by atoms with van der Waals surface area (Å²) < 4.78 is 45.1. The highest BCUT2D eigenvalue weighted by molar-refractivity contribution is 7.89. The largest absolute Gasteiger partial charge is 0.465 e. The van der Waals surface area contributed by atoms with Crippen LogP contribution in [-0.2, 0) is 19.6 Å². The third kappa shape index (κ3) is 4.46. The number of halogens is 1. The van der Waals surface area contributed by atoms with Crippen LogP contribution in [0.5, 0.6) is 0 Å². The van der Waals surface area contributed by atoms with Gasteiger partial charge < -0.3 is 10.1 Å². The van der Waals surface area contributed by atoms with Gasteiger partial charge in [-0.3, -0.25) is 4.79 Å². The fourth-order valence-corrected chi connectivity index (χ4v) is 4.80. The molecule has 0 aromatic heterocycles. The van der Waals surface area contributed by atoms with E-state index in [-0.39, 0.29) is 29.5 Å². The highest BCUT2D eigenvalue weighted by atomic mass is 32.2. The van der Waals surface area contributed by atoms with Crippen LogP contribution in [0.2, 0.25) is 0 Å². The lowest BCUT2D eigenvalue weighted by atomic mass is 9.97. The number of carbonyl (C=O) groups excluding carboxylic acids is 2. The van der Waals surface area contributed by atoms with Crippen LogP contribution in [0.1, 0.15) is 23.2 Å². The number of amides is 1. The number of rotatable bonds is 5. The molecule has 1 aliphatic heterocycles. The van der Waals surface area contributed by atoms with E-state index in [4.69, 9.17) is 4.74 Å². The molecular formula is C20H21FN2O5S. The number of nitrogens with one attached hydrogen (secondary N) is 1. The number of nitrogens with zero attached hydrogens (tertiary/aromatic N) is 1. The van der Waals surface area contributed by atoms with Gasteiger partial charge in [-0.15, -0.1) is 0 Å². The molecule has 1 saturated heterocycles. The fourth-order valence-electron chi connectivity index (χ4n) is 3.27. The van der Waals surface area contributed by atoms with Crippen LogP contribution in [0.25, 0.3) is 0 Å². The molecule has 0 spiro atoms. The van der Waals surface area contributed by atoms with Gasteiger partial charge >= 0.3 is 5.97 Å². The summed E-state index contributed by atoms with van der Waals surface area (Å²) in [6.07, 6.45) is 0.583. The third-order valence-corrected chi connectivity index (χ3v) is 6.80. The number of ether oxygens (including phenoxy) is 1. The number of anilines is 1. The molecule has 1 amide bonds. The molecule has 1 aliphatic rings. The molecule has 2 aromatic carbocycles. The van der Waals surface area contributed by atoms with Crippen LogP contribution in [0, 0.1) is 11.7 Å². The summed E-state index contributed by atoms with van der Waals surface area (Å²) in [6.45, 7) is 0.209. The maximum atomic E-state index is 13.9. The SMILES string of the molecule is COC(=O)c1ccccc1NC(=O)C1CCN(S(=O)(=O)c2ccccc2F)CC1. The van der Waals surface area contributed by atoms with Crippen molar-refractivity contribution in [3.63, 3.8) is 0 Å². The predicted octanol–water partition coefficient (Wildman–Crippen LogP) is 2.65. The van der Waals surface area contributed by atoms with Gasteiger partial charge in [0.25, 0.3) is 0 Å². The van der Waals surface area contributed by atoms with Crippen LogP contribution in [0.3, 0.4) is 0 Å². The minimum absolute atomic E-state index is 0.105. The van der Waals surface area contributed by atoms with Crippen LogP contribution >= 0.6 is 0 Å². The van der Waals surface area contributed by atoms with E-state index in [0.717, 1.165) is 6.07 Å². The van der Waals surface area contributed by atoms with Gasteiger partial charge in [0, 0.05) is 19.0 Å². The number of benzene rings is 2. The molecule has 0 radical (unpaired) electrons. The Morgan fingerprint density at radius 1 is 1.07 bits per heavy atom. The normalized spacial score (nSPS) is 15.7. The Bertz CT molecular complexity index is 1020. The predicted molar refractivity (Wildman–Crippen MR) is 104 cm³/mol. The van der Waals surface area contributed by atoms with Gasteiger partial charge in [-0.1, -0.05) is 24.3 Å². The van der Waals surface area contributed by atoms with Gasteiger partial charge in [0.1, 0.15) is 10.7 Å². The quantitative estimate of drug-likeness (QED) is 0.751. The standard InChI is InChI=1S/C20H21FN2O5S/c1-28-20(25)15-6-2-4-8-17(15)22-19(24)14-10-12-23(13-11-14)29(26,27)18-9-5-3-7-16(18)21/h2-9,14H,10-13H2,1H3,(H,22,24). The van der Waals surface area contributed by atoms with Crippen molar-refractivity contribution >= 4 is 27.6 Å². The molecule has 0 atom stereocenters. The van der Waals surface area contributed by atoms with E-state index < -0.39 is 27.7 Å². The number of piperidine rings is 1. The molecule has 0 aliphatic carbocycles. The van der Waals surface area contributed by atoms with E-state index >= 15 is 0 Å². The van der Waals surface area contributed by atoms with E-state index in [0.29, 0.717) is 18.5 Å². The summed E-state index contributed by atoms with van der Waals surface area (Å²) in [5.74, 6) is -2.09. The molecule has 9 heteroatoms. The van der Waals surface area contributed by atoms with Gasteiger partial charge in [0.15, 0.2) is 0 Å². The van der Waals surface area contributed by atoms with Gasteiger partial charge in [0.2, 0.25) is 15.9 Å². The first-order valence-electron chi connectivity index (χ1n) is 9.07. The van der Waals surface area contributed by atoms with E-state index in [1.165, 1.54) is 29.6 Å². The van der Waals surface area contributed by atoms with E-state index in [9.17, 15) is 22.4 Å². The molecule has 154 valence electrons. The lowest BCUT2D eigenvalue weighted by Gasteiger charge is -2.30. The van der Waals surface area contributed by atoms with Crippen LogP contribution in [-0.4, -0.2) is 44.8 Å². The minimum atomic E-state index is -3.96. The molecule has 3 rings (SSSR count). The Labute approximate surface area is 168 Å². The highest BCUT2D eigenvalue weighted by Crippen LogP contribution is 2.26. The van der Waals surface area contributed by atoms with Crippen LogP contribution < -0.4 is 5.32 Å². The van der Waals surface area contributed by atoms with Crippen molar-refractivity contribution in [2.45, 2.75) is 17.7 Å². The summed E-state index contributed by atoms with van der Waals surface area (Å²) in [5, 5.41) is 2.72. The Hall–Kier alpha value is -2.78. The van der Waals surface area contributed by atoms with Gasteiger partial charge in [-0.25, -0.2) is 17.6 Å². The number of sulfonamides is 1. The zero-order valence-corrected chi connectivity index (χ0v) is 16.6. The second kappa shape index (κ2) is 8.71. The van der Waals surface area contributed by atoms with Crippen molar-refractivity contribution < 1.29 is 27.1 Å². The molecule has 1 fully saturated rings. The number of methoxy groups -OCH3 is 1. The Morgan fingerprint density at radius 2 is 1.69 bits per heavy atom. The van der Waals surface area contributed by atoms with Crippen molar-refractivity contribution in [3.8, 4) is 0 Å². The second-order valence-corrected chi connectivity index (χ2v) is 8.54. The maximum Gasteiger partial charge on any atom is 0.339 e. The number of carbonyl (C=O) groups is 2. The molecule has 2 aromatic rings. The van der Waals surface area contributed by atoms with Crippen LogP contribution in [0.15, 0.2) is 53.4 Å². The van der Waals surface area contributed by atoms with Crippen molar-refractivity contribution in [2.24, 2.45) is 5.92 Å². The molecule has 0 bridgehead atoms. The fraction of sp³-hybridized carbons (Fsp3) is 0.300.